The lowest BCUT2D eigenvalue weighted by molar-refractivity contribution is -0.121. The highest BCUT2D eigenvalue weighted by atomic mass is 19.1. The van der Waals surface area contributed by atoms with Crippen LogP contribution in [0.3, 0.4) is 0 Å². The number of nitrogens with one attached hydrogen (secondary N) is 1. The first-order chi connectivity index (χ1) is 11.5. The first-order valence-corrected chi connectivity index (χ1v) is 7.61. The maximum Gasteiger partial charge on any atom is 0.257 e. The van der Waals surface area contributed by atoms with E-state index in [9.17, 15) is 14.0 Å². The van der Waals surface area contributed by atoms with Crippen molar-refractivity contribution < 1.29 is 14.0 Å². The number of anilines is 2. The summed E-state index contributed by atoms with van der Waals surface area (Å²) >= 11 is 0. The maximum atomic E-state index is 13.3. The Balaban J connectivity index is 1.81. The third-order valence-corrected chi connectivity index (χ3v) is 4.00. The number of likely N-dealkylation sites (tertiary alicyclic amines) is 1. The molecule has 2 heterocycles. The molecule has 124 valence electrons. The molecule has 0 radical (unpaired) electrons. The SMILES string of the molecule is NC(=O)[C@H]1CCN(C(=O)c2cccnc2Nc2cccc(F)c2)C1. The standard InChI is InChI=1S/C17H17FN4O2/c18-12-3-1-4-13(9-12)21-16-14(5-2-7-20-16)17(24)22-8-6-11(10-22)15(19)23/h1-5,7,9,11H,6,8,10H2,(H2,19,23)(H,20,21)/t11-/m0/s1. The first kappa shape index (κ1) is 15.9. The number of rotatable bonds is 4. The van der Waals surface area contributed by atoms with E-state index in [-0.39, 0.29) is 17.6 Å². The maximum absolute atomic E-state index is 13.3. The molecular weight excluding hydrogens is 311 g/mol. The molecule has 6 nitrogen and oxygen atoms in total. The molecule has 3 rings (SSSR count). The monoisotopic (exact) mass is 328 g/mol. The molecule has 24 heavy (non-hydrogen) atoms. The molecule has 0 unspecified atom stereocenters. The molecule has 0 bridgehead atoms. The molecule has 1 aliphatic heterocycles. The number of benzene rings is 1. The third kappa shape index (κ3) is 3.34. The van der Waals surface area contributed by atoms with E-state index in [1.807, 2.05) is 0 Å². The molecule has 2 amide bonds. The summed E-state index contributed by atoms with van der Waals surface area (Å²) in [6.45, 7) is 0.781. The van der Waals surface area contributed by atoms with Gasteiger partial charge in [0.15, 0.2) is 0 Å². The van der Waals surface area contributed by atoms with Gasteiger partial charge in [-0.25, -0.2) is 9.37 Å². The van der Waals surface area contributed by atoms with Crippen LogP contribution >= 0.6 is 0 Å². The zero-order valence-electron chi connectivity index (χ0n) is 12.9. The van der Waals surface area contributed by atoms with E-state index < -0.39 is 5.91 Å². The molecule has 0 aliphatic carbocycles. The number of hydrogen-bond donors (Lipinski definition) is 2. The van der Waals surface area contributed by atoms with E-state index in [4.69, 9.17) is 5.73 Å². The number of amides is 2. The number of aromatic nitrogens is 1. The van der Waals surface area contributed by atoms with Crippen molar-refractivity contribution in [3.63, 3.8) is 0 Å². The van der Waals surface area contributed by atoms with Crippen molar-refractivity contribution in [3.8, 4) is 0 Å². The van der Waals surface area contributed by atoms with Crippen molar-refractivity contribution in [1.82, 2.24) is 9.88 Å². The number of nitrogens with zero attached hydrogens (tertiary/aromatic N) is 2. The van der Waals surface area contributed by atoms with Gasteiger partial charge in [-0.2, -0.15) is 0 Å². The Bertz CT molecular complexity index is 781. The number of pyridine rings is 1. The van der Waals surface area contributed by atoms with Gasteiger partial charge in [-0.1, -0.05) is 6.07 Å². The predicted molar refractivity (Wildman–Crippen MR) is 87.1 cm³/mol. The summed E-state index contributed by atoms with van der Waals surface area (Å²) in [6, 6.07) is 9.22. The Kier molecular flexibility index (Phi) is 4.41. The molecule has 1 aliphatic rings. The summed E-state index contributed by atoms with van der Waals surface area (Å²) in [6.07, 6.45) is 2.11. The summed E-state index contributed by atoms with van der Waals surface area (Å²) in [5.74, 6) is -0.978. The van der Waals surface area contributed by atoms with Crippen LogP contribution in [0.25, 0.3) is 0 Å². The third-order valence-electron chi connectivity index (χ3n) is 4.00. The Hall–Kier alpha value is -2.96. The van der Waals surface area contributed by atoms with Gasteiger partial charge in [-0.3, -0.25) is 9.59 Å². The zero-order chi connectivity index (χ0) is 17.1. The molecule has 1 aromatic carbocycles. The van der Waals surface area contributed by atoms with Crippen LogP contribution in [0, 0.1) is 11.7 Å². The van der Waals surface area contributed by atoms with E-state index in [2.05, 4.69) is 10.3 Å². The Morgan fingerprint density at radius 2 is 2.12 bits per heavy atom. The minimum absolute atomic E-state index is 0.231. The van der Waals surface area contributed by atoms with Gasteiger partial charge in [0, 0.05) is 25.0 Å². The van der Waals surface area contributed by atoms with Crippen LogP contribution in [-0.2, 0) is 4.79 Å². The van der Waals surface area contributed by atoms with Crippen LogP contribution in [0.1, 0.15) is 16.8 Å². The van der Waals surface area contributed by atoms with Crippen LogP contribution in [0.5, 0.6) is 0 Å². The van der Waals surface area contributed by atoms with Crippen molar-refractivity contribution in [1.29, 1.82) is 0 Å². The number of primary amides is 1. The Labute approximate surface area is 138 Å². The normalized spacial score (nSPS) is 16.9. The molecule has 7 heteroatoms. The summed E-state index contributed by atoms with van der Waals surface area (Å²) in [7, 11) is 0. The van der Waals surface area contributed by atoms with E-state index in [1.54, 1.807) is 35.4 Å². The van der Waals surface area contributed by atoms with Gasteiger partial charge in [-0.05, 0) is 36.8 Å². The van der Waals surface area contributed by atoms with Crippen molar-refractivity contribution >= 4 is 23.3 Å². The summed E-state index contributed by atoms with van der Waals surface area (Å²) in [4.78, 5) is 29.7. The van der Waals surface area contributed by atoms with Crippen molar-refractivity contribution in [3.05, 3.63) is 54.0 Å². The number of carbonyl (C=O) groups is 2. The minimum atomic E-state index is -0.394. The van der Waals surface area contributed by atoms with Gasteiger partial charge in [0.25, 0.3) is 5.91 Å². The second-order valence-electron chi connectivity index (χ2n) is 5.67. The zero-order valence-corrected chi connectivity index (χ0v) is 12.9. The molecule has 2 aromatic rings. The van der Waals surface area contributed by atoms with Gasteiger partial charge < -0.3 is 16.0 Å². The fourth-order valence-electron chi connectivity index (χ4n) is 2.73. The van der Waals surface area contributed by atoms with Crippen molar-refractivity contribution in [2.75, 3.05) is 18.4 Å². The highest BCUT2D eigenvalue weighted by molar-refractivity contribution is 5.99. The topological polar surface area (TPSA) is 88.3 Å². The van der Waals surface area contributed by atoms with Crippen molar-refractivity contribution in [2.24, 2.45) is 11.7 Å². The molecule has 1 fully saturated rings. The van der Waals surface area contributed by atoms with Gasteiger partial charge >= 0.3 is 0 Å². The van der Waals surface area contributed by atoms with Gasteiger partial charge in [0.2, 0.25) is 5.91 Å². The Morgan fingerprint density at radius 3 is 2.83 bits per heavy atom. The van der Waals surface area contributed by atoms with E-state index in [1.165, 1.54) is 12.1 Å². The fraction of sp³-hybridized carbons (Fsp3) is 0.235. The lowest BCUT2D eigenvalue weighted by atomic mass is 10.1. The lowest BCUT2D eigenvalue weighted by Crippen LogP contribution is -2.32. The average molecular weight is 328 g/mol. The second kappa shape index (κ2) is 6.66. The number of hydrogen-bond acceptors (Lipinski definition) is 4. The summed E-state index contributed by atoms with van der Waals surface area (Å²) < 4.78 is 13.3. The quantitative estimate of drug-likeness (QED) is 0.897. The molecule has 1 aromatic heterocycles. The second-order valence-corrected chi connectivity index (χ2v) is 5.67. The molecule has 0 spiro atoms. The van der Waals surface area contributed by atoms with E-state index in [0.717, 1.165) is 0 Å². The molecule has 1 atom stereocenters. The smallest absolute Gasteiger partial charge is 0.257 e. The lowest BCUT2D eigenvalue weighted by Gasteiger charge is -2.18. The molecular formula is C17H17FN4O2. The molecule has 1 saturated heterocycles. The summed E-state index contributed by atoms with van der Waals surface area (Å²) in [5, 5.41) is 2.96. The average Bonchev–Trinajstić information content (AvgIpc) is 3.05. The predicted octanol–water partition coefficient (Wildman–Crippen LogP) is 1.91. The van der Waals surface area contributed by atoms with Crippen LogP contribution in [0.2, 0.25) is 0 Å². The molecule has 3 N–H and O–H groups in total. The first-order valence-electron chi connectivity index (χ1n) is 7.61. The number of carbonyl (C=O) groups excluding carboxylic acids is 2. The number of halogens is 1. The Morgan fingerprint density at radius 1 is 1.29 bits per heavy atom. The van der Waals surface area contributed by atoms with Crippen LogP contribution in [-0.4, -0.2) is 34.8 Å². The number of nitrogens with two attached hydrogens (primary N) is 1. The van der Waals surface area contributed by atoms with Crippen LogP contribution in [0.4, 0.5) is 15.9 Å². The highest BCUT2D eigenvalue weighted by Crippen LogP contribution is 2.23. The van der Waals surface area contributed by atoms with Crippen LogP contribution in [0.15, 0.2) is 42.6 Å². The molecule has 0 saturated carbocycles. The van der Waals surface area contributed by atoms with Gasteiger partial charge in [0.05, 0.1) is 11.5 Å². The summed E-state index contributed by atoms with van der Waals surface area (Å²) in [5.41, 5.74) is 6.17. The van der Waals surface area contributed by atoms with Crippen LogP contribution < -0.4 is 11.1 Å². The fourth-order valence-corrected chi connectivity index (χ4v) is 2.73. The highest BCUT2D eigenvalue weighted by Gasteiger charge is 2.31. The minimum Gasteiger partial charge on any atom is -0.369 e. The van der Waals surface area contributed by atoms with Gasteiger partial charge in [0.1, 0.15) is 11.6 Å². The van der Waals surface area contributed by atoms with E-state index >= 15 is 0 Å². The van der Waals surface area contributed by atoms with Crippen molar-refractivity contribution in [2.45, 2.75) is 6.42 Å². The van der Waals surface area contributed by atoms with E-state index in [0.29, 0.717) is 36.6 Å². The largest absolute Gasteiger partial charge is 0.369 e. The van der Waals surface area contributed by atoms with Gasteiger partial charge in [-0.15, -0.1) is 0 Å².